The van der Waals surface area contributed by atoms with Crippen LogP contribution in [0, 0.1) is 0 Å². The smallest absolute Gasteiger partial charge is 0.258 e. The van der Waals surface area contributed by atoms with E-state index >= 15 is 0 Å². The molecule has 13 heavy (non-hydrogen) atoms. The van der Waals surface area contributed by atoms with Crippen LogP contribution >= 0.6 is 15.9 Å². The maximum Gasteiger partial charge on any atom is 0.258 e. The lowest BCUT2D eigenvalue weighted by atomic mass is 10.3. The quantitative estimate of drug-likeness (QED) is 0.546. The standard InChI is InChI=1S/C9H8BrNO2/c1-3-7(6(2)10)11-8(12)4-5-9(11)13/h3-5H,2H2,1H3/b7-3+. The summed E-state index contributed by atoms with van der Waals surface area (Å²) >= 11 is 3.13. The summed E-state index contributed by atoms with van der Waals surface area (Å²) in [4.78, 5) is 23.5. The van der Waals surface area contributed by atoms with Crippen LogP contribution in [0.4, 0.5) is 0 Å². The molecular formula is C9H8BrNO2. The van der Waals surface area contributed by atoms with Gasteiger partial charge in [0.1, 0.15) is 0 Å². The molecule has 1 rings (SSSR count). The number of allylic oxidation sites excluding steroid dienone is 2. The van der Waals surface area contributed by atoms with Crippen LogP contribution in [0.5, 0.6) is 0 Å². The Morgan fingerprint density at radius 2 is 1.92 bits per heavy atom. The van der Waals surface area contributed by atoms with E-state index in [0.717, 1.165) is 4.90 Å². The van der Waals surface area contributed by atoms with Crippen LogP contribution in [0.1, 0.15) is 6.92 Å². The Balaban J connectivity index is 3.02. The lowest BCUT2D eigenvalue weighted by molar-refractivity contribution is -0.134. The zero-order valence-electron chi connectivity index (χ0n) is 7.08. The fraction of sp³-hybridized carbons (Fsp3) is 0.111. The second kappa shape index (κ2) is 3.70. The number of hydrogen-bond donors (Lipinski definition) is 0. The molecular weight excluding hydrogens is 234 g/mol. The van der Waals surface area contributed by atoms with E-state index in [0.29, 0.717) is 10.2 Å². The molecule has 3 nitrogen and oxygen atoms in total. The minimum Gasteiger partial charge on any atom is -0.269 e. The Kier molecular flexibility index (Phi) is 2.83. The summed E-state index contributed by atoms with van der Waals surface area (Å²) in [7, 11) is 0. The van der Waals surface area contributed by atoms with E-state index in [-0.39, 0.29) is 11.8 Å². The molecule has 1 aliphatic heterocycles. The molecule has 0 N–H and O–H groups in total. The van der Waals surface area contributed by atoms with Crippen LogP contribution in [0.25, 0.3) is 0 Å². The lowest BCUT2D eigenvalue weighted by Gasteiger charge is -2.16. The van der Waals surface area contributed by atoms with Gasteiger partial charge in [0.2, 0.25) is 0 Å². The summed E-state index contributed by atoms with van der Waals surface area (Å²) in [5, 5.41) is 0. The van der Waals surface area contributed by atoms with E-state index in [4.69, 9.17) is 0 Å². The molecule has 68 valence electrons. The zero-order chi connectivity index (χ0) is 10.0. The van der Waals surface area contributed by atoms with Crippen molar-refractivity contribution in [3.8, 4) is 0 Å². The minimum absolute atomic E-state index is 0.335. The second-order valence-electron chi connectivity index (χ2n) is 2.42. The van der Waals surface area contributed by atoms with Crippen molar-refractivity contribution in [1.82, 2.24) is 4.90 Å². The molecule has 0 radical (unpaired) electrons. The SMILES string of the molecule is C=C(Br)/C(=C\C)N1C(=O)C=CC1=O. The van der Waals surface area contributed by atoms with Crippen molar-refractivity contribution in [1.29, 1.82) is 0 Å². The summed E-state index contributed by atoms with van der Waals surface area (Å²) in [6.45, 7) is 5.35. The van der Waals surface area contributed by atoms with Crippen molar-refractivity contribution in [2.75, 3.05) is 0 Å². The van der Waals surface area contributed by atoms with Crippen molar-refractivity contribution in [3.63, 3.8) is 0 Å². The van der Waals surface area contributed by atoms with Crippen LogP contribution in [0.15, 0.2) is 35.0 Å². The summed E-state index contributed by atoms with van der Waals surface area (Å²) in [6, 6.07) is 0. The minimum atomic E-state index is -0.335. The van der Waals surface area contributed by atoms with Gasteiger partial charge < -0.3 is 0 Å². The molecule has 0 aromatic rings. The van der Waals surface area contributed by atoms with Gasteiger partial charge in [0.15, 0.2) is 0 Å². The molecule has 0 aromatic carbocycles. The van der Waals surface area contributed by atoms with Crippen molar-refractivity contribution < 1.29 is 9.59 Å². The molecule has 0 bridgehead atoms. The first kappa shape index (κ1) is 9.92. The number of nitrogens with zero attached hydrogens (tertiary/aromatic N) is 1. The third-order valence-corrected chi connectivity index (χ3v) is 2.01. The van der Waals surface area contributed by atoms with E-state index in [1.165, 1.54) is 12.2 Å². The zero-order valence-corrected chi connectivity index (χ0v) is 8.67. The normalized spacial score (nSPS) is 17.1. The van der Waals surface area contributed by atoms with Crippen molar-refractivity contribution in [2.45, 2.75) is 6.92 Å². The number of halogens is 1. The first-order valence-corrected chi connectivity index (χ1v) is 4.44. The Morgan fingerprint density at radius 3 is 2.23 bits per heavy atom. The summed E-state index contributed by atoms with van der Waals surface area (Å²) in [5.41, 5.74) is 0.486. The van der Waals surface area contributed by atoms with E-state index in [9.17, 15) is 9.59 Å². The van der Waals surface area contributed by atoms with Crippen molar-refractivity contribution in [3.05, 3.63) is 35.0 Å². The highest BCUT2D eigenvalue weighted by molar-refractivity contribution is 9.11. The molecule has 0 saturated carbocycles. The van der Waals surface area contributed by atoms with Crippen LogP contribution < -0.4 is 0 Å². The fourth-order valence-electron chi connectivity index (χ4n) is 1.04. The van der Waals surface area contributed by atoms with E-state index < -0.39 is 0 Å². The number of carbonyl (C=O) groups is 2. The van der Waals surface area contributed by atoms with Gasteiger partial charge in [0.25, 0.3) is 11.8 Å². The average molecular weight is 242 g/mol. The van der Waals surface area contributed by atoms with Gasteiger partial charge in [-0.15, -0.1) is 0 Å². The van der Waals surface area contributed by atoms with E-state index in [1.54, 1.807) is 13.0 Å². The lowest BCUT2D eigenvalue weighted by Crippen LogP contribution is -2.29. The number of amides is 2. The summed E-state index contributed by atoms with van der Waals surface area (Å²) in [5.74, 6) is -0.669. The average Bonchev–Trinajstić information content (AvgIpc) is 2.36. The van der Waals surface area contributed by atoms with Crippen molar-refractivity contribution in [2.24, 2.45) is 0 Å². The molecule has 4 heteroatoms. The maximum atomic E-state index is 11.2. The first-order valence-electron chi connectivity index (χ1n) is 3.65. The molecule has 2 amide bonds. The van der Waals surface area contributed by atoms with Gasteiger partial charge in [-0.2, -0.15) is 0 Å². The Bertz CT molecular complexity index is 324. The van der Waals surface area contributed by atoms with E-state index in [2.05, 4.69) is 22.5 Å². The molecule has 1 heterocycles. The third kappa shape index (κ3) is 1.78. The number of carbonyl (C=O) groups excluding carboxylic acids is 2. The molecule has 0 aromatic heterocycles. The molecule has 0 fully saturated rings. The van der Waals surface area contributed by atoms with Gasteiger partial charge in [-0.05, 0) is 22.9 Å². The third-order valence-electron chi connectivity index (χ3n) is 1.60. The van der Waals surface area contributed by atoms with Gasteiger partial charge in [-0.25, -0.2) is 4.90 Å². The maximum absolute atomic E-state index is 11.2. The molecule has 1 aliphatic rings. The number of imide groups is 1. The highest BCUT2D eigenvalue weighted by Gasteiger charge is 2.27. The number of hydrogen-bond acceptors (Lipinski definition) is 2. The topological polar surface area (TPSA) is 37.4 Å². The largest absolute Gasteiger partial charge is 0.269 e. The summed E-state index contributed by atoms with van der Waals surface area (Å²) < 4.78 is 0.514. The first-order chi connectivity index (χ1) is 6.07. The molecule has 0 aliphatic carbocycles. The highest BCUT2D eigenvalue weighted by Crippen LogP contribution is 2.22. The van der Waals surface area contributed by atoms with Gasteiger partial charge in [0, 0.05) is 16.6 Å². The Morgan fingerprint density at radius 1 is 1.46 bits per heavy atom. The predicted molar refractivity (Wildman–Crippen MR) is 52.8 cm³/mol. The Hall–Kier alpha value is -1.16. The molecule has 0 spiro atoms. The highest BCUT2D eigenvalue weighted by atomic mass is 79.9. The van der Waals surface area contributed by atoms with Crippen LogP contribution in [-0.4, -0.2) is 16.7 Å². The van der Waals surface area contributed by atoms with Gasteiger partial charge >= 0.3 is 0 Å². The monoisotopic (exact) mass is 241 g/mol. The second-order valence-corrected chi connectivity index (χ2v) is 3.38. The van der Waals surface area contributed by atoms with E-state index in [1.807, 2.05) is 0 Å². The van der Waals surface area contributed by atoms with Crippen LogP contribution in [0.3, 0.4) is 0 Å². The predicted octanol–water partition coefficient (Wildman–Crippen LogP) is 1.72. The number of rotatable bonds is 2. The summed E-state index contributed by atoms with van der Waals surface area (Å²) in [6.07, 6.45) is 4.13. The van der Waals surface area contributed by atoms with Gasteiger partial charge in [-0.1, -0.05) is 12.7 Å². The van der Waals surface area contributed by atoms with Gasteiger partial charge in [-0.3, -0.25) is 9.59 Å². The molecule has 0 unspecified atom stereocenters. The van der Waals surface area contributed by atoms with Crippen LogP contribution in [0.2, 0.25) is 0 Å². The molecule has 0 atom stereocenters. The Labute approximate surface area is 84.5 Å². The molecule has 0 saturated heterocycles. The van der Waals surface area contributed by atoms with Gasteiger partial charge in [0.05, 0.1) is 5.70 Å². The van der Waals surface area contributed by atoms with Crippen LogP contribution in [-0.2, 0) is 9.59 Å². The fourth-order valence-corrected chi connectivity index (χ4v) is 1.45. The van der Waals surface area contributed by atoms with Crippen molar-refractivity contribution >= 4 is 27.7 Å².